The highest BCUT2D eigenvalue weighted by molar-refractivity contribution is 5.91. The minimum Gasteiger partial charge on any atom is -0.0622 e. The van der Waals surface area contributed by atoms with Gasteiger partial charge in [0, 0.05) is 32.5 Å². The first-order valence-electron chi connectivity index (χ1n) is 47.3. The summed E-state index contributed by atoms with van der Waals surface area (Å²) in [6.07, 6.45) is 0. The van der Waals surface area contributed by atoms with Gasteiger partial charge in [0.25, 0.3) is 0 Å². The number of aryl methyl sites for hydroxylation is 6. The van der Waals surface area contributed by atoms with Gasteiger partial charge in [-0.25, -0.2) is 0 Å². The van der Waals surface area contributed by atoms with Crippen molar-refractivity contribution in [3.8, 4) is 134 Å². The molecule has 0 heterocycles. The summed E-state index contributed by atoms with van der Waals surface area (Å²) in [5, 5.41) is 0. The SMILES string of the molecule is Cc1ccc(-c2ccc3c(c2)C(C)(C)c2ccccc2-3)cc1.Cc1ccc2c(c1)-c1ccc(-c3ccccc3)cc1C2(C)C.Cc1ccc2c(c1)C(C)(C)c1cc(-c3ccccc3)ccc1-2.Cc1cccc(-c2ccc3c(c2)C(C)(C)c2ccccc2-3)c1.Cc1cccc2c1-c1ccc(-c3ccccc3)cc1C2(C)C.Cc1cccc2c1C(C)(C)c1cc(-c3ccccc3)ccc1-2. The lowest BCUT2D eigenvalue weighted by atomic mass is 9.80. The van der Waals surface area contributed by atoms with Crippen LogP contribution in [0.15, 0.2) is 400 Å². The third-order valence-corrected chi connectivity index (χ3v) is 29.8. The Labute approximate surface area is 785 Å². The maximum atomic E-state index is 2.38. The molecular weight excluding hydrogens is 1590 g/mol. The zero-order valence-electron chi connectivity index (χ0n) is 80.1. The van der Waals surface area contributed by atoms with Gasteiger partial charge in [-0.05, 0) is 289 Å². The molecule has 0 heteroatoms. The van der Waals surface area contributed by atoms with Crippen LogP contribution in [0.4, 0.5) is 0 Å². The summed E-state index contributed by atoms with van der Waals surface area (Å²) in [5.41, 5.74) is 58.1. The second-order valence-corrected chi connectivity index (χ2v) is 40.7. The van der Waals surface area contributed by atoms with Crippen LogP contribution in [0.1, 0.15) is 183 Å². The van der Waals surface area contributed by atoms with Crippen LogP contribution in [-0.2, 0) is 32.5 Å². The first-order chi connectivity index (χ1) is 63.5. The van der Waals surface area contributed by atoms with Crippen molar-refractivity contribution >= 4 is 0 Å². The van der Waals surface area contributed by atoms with Gasteiger partial charge in [0.05, 0.1) is 0 Å². The van der Waals surface area contributed by atoms with E-state index in [9.17, 15) is 0 Å². The summed E-state index contributed by atoms with van der Waals surface area (Å²) < 4.78 is 0. The molecule has 0 aliphatic heterocycles. The number of hydrogen-bond acceptors (Lipinski definition) is 0. The quantitative estimate of drug-likeness (QED) is 0.156. The van der Waals surface area contributed by atoms with E-state index in [0.717, 1.165) is 0 Å². The van der Waals surface area contributed by atoms with Crippen molar-refractivity contribution in [1.29, 1.82) is 0 Å². The normalized spacial score (nSPS) is 14.5. The lowest BCUT2D eigenvalue weighted by molar-refractivity contribution is 0.656. The highest BCUT2D eigenvalue weighted by Gasteiger charge is 2.42. The van der Waals surface area contributed by atoms with E-state index in [4.69, 9.17) is 0 Å². The molecular formula is C132H120. The van der Waals surface area contributed by atoms with E-state index >= 15 is 0 Å². The fourth-order valence-electron chi connectivity index (χ4n) is 22.4. The molecule has 0 N–H and O–H groups in total. The Morgan fingerprint density at radius 2 is 0.379 bits per heavy atom. The van der Waals surface area contributed by atoms with E-state index in [1.54, 1.807) is 0 Å². The van der Waals surface area contributed by atoms with Crippen LogP contribution in [0.5, 0.6) is 0 Å². The van der Waals surface area contributed by atoms with Gasteiger partial charge in [0.1, 0.15) is 0 Å². The predicted octanol–water partition coefficient (Wildman–Crippen LogP) is 35.8. The standard InChI is InChI=1S/6C22H20/c1-15-7-6-8-16(13-15)17-11-12-19-18-9-4-5-10-20(18)22(2,3)21(19)14-17;1-15-8-7-11-19-21(15)18-13-12-17(14-20(18)22(19,2)3)16-9-5-4-6-10-16;1-15-8-7-11-19-18-13-12-17(16-9-5-4-6-10-16)14-20(18)22(2,3)21(15)19;1-15-8-10-16(11-9-15)17-12-13-19-18-6-4-5-7-20(18)22(2,3)21(19)14-17;1-15-9-12-20-19(13-15)18-11-10-17(14-21(18)22(20,2)3)16-7-5-4-6-8-16;1-15-9-11-18-19-12-10-17(16-7-5-4-6-8-16)14-21(19)22(2,3)20(18)13-15/h6*4-14H,1-3H3. The molecule has 6 aliphatic carbocycles. The molecule has 0 saturated carbocycles. The minimum absolute atomic E-state index is 0.0702. The van der Waals surface area contributed by atoms with Gasteiger partial charge in [-0.2, -0.15) is 0 Å². The van der Waals surface area contributed by atoms with Crippen LogP contribution in [0, 0.1) is 41.5 Å². The zero-order chi connectivity index (χ0) is 91.9. The third-order valence-electron chi connectivity index (χ3n) is 29.8. The molecule has 18 aromatic carbocycles. The van der Waals surface area contributed by atoms with Crippen molar-refractivity contribution in [1.82, 2.24) is 0 Å². The van der Waals surface area contributed by atoms with Crippen LogP contribution in [-0.4, -0.2) is 0 Å². The minimum atomic E-state index is 0.0702. The average molecular weight is 1710 g/mol. The lowest BCUT2D eigenvalue weighted by Crippen LogP contribution is -2.16. The van der Waals surface area contributed by atoms with E-state index < -0.39 is 0 Å². The van der Waals surface area contributed by atoms with Crippen molar-refractivity contribution in [3.63, 3.8) is 0 Å². The Hall–Kier alpha value is -14.0. The number of hydrogen-bond donors (Lipinski definition) is 0. The molecule has 0 unspecified atom stereocenters. The van der Waals surface area contributed by atoms with Crippen LogP contribution in [0.2, 0.25) is 0 Å². The summed E-state index contributed by atoms with van der Waals surface area (Å²) in [4.78, 5) is 0. The Morgan fingerprint density at radius 1 is 0.129 bits per heavy atom. The molecule has 0 amide bonds. The Balaban J connectivity index is 0.000000102. The highest BCUT2D eigenvalue weighted by Crippen LogP contribution is 2.57. The second kappa shape index (κ2) is 34.4. The van der Waals surface area contributed by atoms with Gasteiger partial charge < -0.3 is 0 Å². The van der Waals surface area contributed by atoms with Crippen molar-refractivity contribution in [3.05, 3.63) is 501 Å². The Morgan fingerprint density at radius 3 is 0.826 bits per heavy atom. The molecule has 0 nitrogen and oxygen atoms in total. The van der Waals surface area contributed by atoms with E-state index in [0.29, 0.717) is 0 Å². The molecule has 0 spiro atoms. The summed E-state index contributed by atoms with van der Waals surface area (Å²) in [6, 6.07) is 146. The maximum absolute atomic E-state index is 2.38. The van der Waals surface area contributed by atoms with Crippen molar-refractivity contribution in [2.75, 3.05) is 0 Å². The van der Waals surface area contributed by atoms with Crippen molar-refractivity contribution in [2.45, 2.75) is 157 Å². The topological polar surface area (TPSA) is 0 Å². The fourth-order valence-corrected chi connectivity index (χ4v) is 22.4. The smallest absolute Gasteiger partial charge is 0.0161 e. The number of benzene rings is 18. The van der Waals surface area contributed by atoms with Crippen LogP contribution in [0.25, 0.3) is 134 Å². The number of fused-ring (bicyclic) bond motifs is 18. The zero-order valence-corrected chi connectivity index (χ0v) is 80.1. The van der Waals surface area contributed by atoms with Crippen molar-refractivity contribution < 1.29 is 0 Å². The summed E-state index contributed by atoms with van der Waals surface area (Å²) in [5.74, 6) is 0. The molecule has 6 aliphatic rings. The number of rotatable bonds is 6. The van der Waals surface area contributed by atoms with Crippen LogP contribution >= 0.6 is 0 Å². The van der Waals surface area contributed by atoms with Crippen molar-refractivity contribution in [2.24, 2.45) is 0 Å². The van der Waals surface area contributed by atoms with Gasteiger partial charge >= 0.3 is 0 Å². The molecule has 648 valence electrons. The Kier molecular flexibility index (Phi) is 22.7. The Bertz CT molecular complexity index is 7430. The molecule has 0 aromatic heterocycles. The predicted molar refractivity (Wildman–Crippen MR) is 565 cm³/mol. The average Bonchev–Trinajstić information content (AvgIpc) is 1.59. The molecule has 132 heavy (non-hydrogen) atoms. The van der Waals surface area contributed by atoms with E-state index in [2.05, 4.69) is 525 Å². The van der Waals surface area contributed by atoms with Gasteiger partial charge in [-0.1, -0.05) is 469 Å². The monoisotopic (exact) mass is 1700 g/mol. The fraction of sp³-hybridized carbons (Fsp3) is 0.182. The first-order valence-corrected chi connectivity index (χ1v) is 47.3. The summed E-state index contributed by atoms with van der Waals surface area (Å²) >= 11 is 0. The largest absolute Gasteiger partial charge is 0.0622 e. The van der Waals surface area contributed by atoms with Gasteiger partial charge in [-0.15, -0.1) is 0 Å². The molecule has 0 saturated heterocycles. The van der Waals surface area contributed by atoms with E-state index in [1.165, 1.54) is 234 Å². The van der Waals surface area contributed by atoms with Gasteiger partial charge in [0.15, 0.2) is 0 Å². The van der Waals surface area contributed by atoms with Gasteiger partial charge in [0.2, 0.25) is 0 Å². The molecule has 0 fully saturated rings. The maximum Gasteiger partial charge on any atom is 0.0161 e. The molecule has 0 radical (unpaired) electrons. The second-order valence-electron chi connectivity index (χ2n) is 40.7. The van der Waals surface area contributed by atoms with Crippen LogP contribution in [0.3, 0.4) is 0 Å². The van der Waals surface area contributed by atoms with E-state index in [1.807, 2.05) is 0 Å². The molecule has 24 rings (SSSR count). The summed E-state index contributed by atoms with van der Waals surface area (Å²) in [6.45, 7) is 41.1. The van der Waals surface area contributed by atoms with Gasteiger partial charge in [-0.3, -0.25) is 0 Å². The van der Waals surface area contributed by atoms with E-state index in [-0.39, 0.29) is 32.5 Å². The van der Waals surface area contributed by atoms with Crippen LogP contribution < -0.4 is 0 Å². The third kappa shape index (κ3) is 15.7. The molecule has 0 bridgehead atoms. The molecule has 0 atom stereocenters. The highest BCUT2D eigenvalue weighted by atomic mass is 14.5. The summed E-state index contributed by atoms with van der Waals surface area (Å²) in [7, 11) is 0. The molecule has 18 aromatic rings. The lowest BCUT2D eigenvalue weighted by Gasteiger charge is -2.23. The first kappa shape index (κ1) is 87.3.